The van der Waals surface area contributed by atoms with Crippen molar-refractivity contribution in [3.05, 3.63) is 23.4 Å². The number of H-pyrrole nitrogens is 1. The maximum absolute atomic E-state index is 12.5. The molecule has 0 atom stereocenters. The van der Waals surface area contributed by atoms with Crippen LogP contribution in [0.15, 0.2) is 17.2 Å². The fraction of sp³-hybridized carbons (Fsp3) is 0.381. The van der Waals surface area contributed by atoms with E-state index in [0.29, 0.717) is 34.7 Å². The monoisotopic (exact) mass is 436 g/mol. The number of fused-ring (bicyclic) bond motifs is 3. The van der Waals surface area contributed by atoms with Crippen LogP contribution in [0.4, 0.5) is 5.82 Å². The lowest BCUT2D eigenvalue weighted by atomic mass is 10.1. The van der Waals surface area contributed by atoms with Gasteiger partial charge in [-0.15, -0.1) is 10.2 Å². The summed E-state index contributed by atoms with van der Waals surface area (Å²) in [5.41, 5.74) is 2.11. The number of hydrazone groups is 1. The molecule has 0 spiro atoms. The summed E-state index contributed by atoms with van der Waals surface area (Å²) in [5, 5.41) is 21.6. The Labute approximate surface area is 183 Å². The summed E-state index contributed by atoms with van der Waals surface area (Å²) in [6, 6.07) is 3.85. The van der Waals surface area contributed by atoms with E-state index in [1.165, 1.54) is 7.05 Å². The SMILES string of the molecule is CNC(=O)c1nnc(NC(=O)C2CC2)c2c1[nH]c1c(OC)c(C3=NN(C)CN3C)ccc12. The molecule has 1 aliphatic heterocycles. The number of amidine groups is 1. The minimum atomic E-state index is -0.380. The fourth-order valence-corrected chi connectivity index (χ4v) is 4.08. The Balaban J connectivity index is 1.76. The molecule has 3 N–H and O–H groups in total. The van der Waals surface area contributed by atoms with Gasteiger partial charge in [0.15, 0.2) is 23.1 Å². The van der Waals surface area contributed by atoms with Crippen molar-refractivity contribution in [1.29, 1.82) is 0 Å². The van der Waals surface area contributed by atoms with Crippen LogP contribution in [-0.2, 0) is 4.79 Å². The number of methoxy groups -OCH3 is 1. The van der Waals surface area contributed by atoms with Crippen molar-refractivity contribution in [3.63, 3.8) is 0 Å². The number of carbonyl (C=O) groups is 2. The molecule has 1 aliphatic carbocycles. The average molecular weight is 436 g/mol. The summed E-state index contributed by atoms with van der Waals surface area (Å²) in [4.78, 5) is 30.3. The van der Waals surface area contributed by atoms with Gasteiger partial charge in [0.1, 0.15) is 6.67 Å². The summed E-state index contributed by atoms with van der Waals surface area (Å²) in [5.74, 6) is 1.22. The van der Waals surface area contributed by atoms with E-state index in [1.807, 2.05) is 36.1 Å². The Morgan fingerprint density at radius 2 is 1.97 bits per heavy atom. The lowest BCUT2D eigenvalue weighted by Crippen LogP contribution is -2.26. The van der Waals surface area contributed by atoms with E-state index >= 15 is 0 Å². The van der Waals surface area contributed by atoms with E-state index in [0.717, 1.165) is 29.6 Å². The third-order valence-corrected chi connectivity index (χ3v) is 5.77. The summed E-state index contributed by atoms with van der Waals surface area (Å²) < 4.78 is 5.79. The van der Waals surface area contributed by atoms with E-state index in [9.17, 15) is 9.59 Å². The number of hydrogen-bond donors (Lipinski definition) is 3. The highest BCUT2D eigenvalue weighted by Gasteiger charge is 2.31. The van der Waals surface area contributed by atoms with Crippen LogP contribution in [0.1, 0.15) is 28.9 Å². The lowest BCUT2D eigenvalue weighted by molar-refractivity contribution is -0.117. The Bertz CT molecular complexity index is 1290. The van der Waals surface area contributed by atoms with Gasteiger partial charge < -0.3 is 25.3 Å². The second-order valence-corrected chi connectivity index (χ2v) is 8.10. The van der Waals surface area contributed by atoms with Crippen molar-refractivity contribution in [1.82, 2.24) is 30.4 Å². The van der Waals surface area contributed by atoms with Gasteiger partial charge in [-0.1, -0.05) is 6.07 Å². The van der Waals surface area contributed by atoms with Crippen molar-refractivity contribution in [2.75, 3.05) is 40.2 Å². The fourth-order valence-electron chi connectivity index (χ4n) is 4.08. The number of aromatic nitrogens is 3. The van der Waals surface area contributed by atoms with E-state index in [1.54, 1.807) is 7.11 Å². The molecule has 0 saturated heterocycles. The van der Waals surface area contributed by atoms with Gasteiger partial charge in [-0.05, 0) is 18.9 Å². The Morgan fingerprint density at radius 3 is 2.59 bits per heavy atom. The third kappa shape index (κ3) is 3.08. The summed E-state index contributed by atoms with van der Waals surface area (Å²) in [6.07, 6.45) is 1.74. The van der Waals surface area contributed by atoms with Crippen LogP contribution in [0.3, 0.4) is 0 Å². The number of benzene rings is 1. The molecule has 1 aromatic carbocycles. The second kappa shape index (κ2) is 7.36. The summed E-state index contributed by atoms with van der Waals surface area (Å²) >= 11 is 0. The van der Waals surface area contributed by atoms with Crippen LogP contribution in [0.25, 0.3) is 21.8 Å². The maximum Gasteiger partial charge on any atom is 0.273 e. The molecule has 32 heavy (non-hydrogen) atoms. The highest BCUT2D eigenvalue weighted by molar-refractivity contribution is 6.21. The van der Waals surface area contributed by atoms with Crippen molar-refractivity contribution in [2.24, 2.45) is 11.0 Å². The molecule has 0 radical (unpaired) electrons. The third-order valence-electron chi connectivity index (χ3n) is 5.77. The zero-order chi connectivity index (χ0) is 22.6. The quantitative estimate of drug-likeness (QED) is 0.550. The van der Waals surface area contributed by atoms with E-state index in [-0.39, 0.29) is 23.4 Å². The second-order valence-electron chi connectivity index (χ2n) is 8.10. The Kier molecular flexibility index (Phi) is 4.61. The molecule has 5 rings (SSSR count). The topological polar surface area (TPSA) is 128 Å². The first-order valence-electron chi connectivity index (χ1n) is 10.4. The molecule has 2 aromatic heterocycles. The van der Waals surface area contributed by atoms with Gasteiger partial charge in [-0.3, -0.25) is 14.6 Å². The molecule has 3 heterocycles. The molecule has 3 aromatic rings. The first kappa shape index (κ1) is 20.0. The molecule has 11 nitrogen and oxygen atoms in total. The van der Waals surface area contributed by atoms with Crippen LogP contribution in [0, 0.1) is 5.92 Å². The molecular weight excluding hydrogens is 412 g/mol. The highest BCUT2D eigenvalue weighted by atomic mass is 16.5. The smallest absolute Gasteiger partial charge is 0.273 e. The minimum absolute atomic E-state index is 0.00437. The molecule has 166 valence electrons. The summed E-state index contributed by atoms with van der Waals surface area (Å²) in [7, 11) is 6.99. The van der Waals surface area contributed by atoms with E-state index in [4.69, 9.17) is 4.74 Å². The van der Waals surface area contributed by atoms with Crippen LogP contribution >= 0.6 is 0 Å². The number of carbonyl (C=O) groups excluding carboxylic acids is 2. The number of hydrogen-bond acceptors (Lipinski definition) is 8. The predicted octanol–water partition coefficient (Wildman–Crippen LogP) is 1.32. The molecule has 11 heteroatoms. The normalized spacial score (nSPS) is 15.9. The van der Waals surface area contributed by atoms with Crippen LogP contribution in [0.2, 0.25) is 0 Å². The van der Waals surface area contributed by atoms with Crippen LogP contribution in [-0.4, -0.2) is 77.7 Å². The Hall–Kier alpha value is -3.89. The molecule has 1 saturated carbocycles. The molecule has 2 amide bonds. The van der Waals surface area contributed by atoms with E-state index < -0.39 is 0 Å². The summed E-state index contributed by atoms with van der Waals surface area (Å²) in [6.45, 7) is 0.662. The number of ether oxygens (including phenoxy) is 1. The van der Waals surface area contributed by atoms with Gasteiger partial charge >= 0.3 is 0 Å². The van der Waals surface area contributed by atoms with Crippen molar-refractivity contribution in [3.8, 4) is 5.75 Å². The first-order valence-corrected chi connectivity index (χ1v) is 10.4. The standard InChI is InChI=1S/C21H24N8O3/c1-22-21(31)16-15-13(18(26-25-16)24-20(30)10-5-6-10)11-7-8-12(17(32-4)14(11)23-15)19-27-29(3)9-28(19)2/h7-8,10,23H,5-6,9H2,1-4H3,(H,22,31)(H,24,26,30). The number of rotatable bonds is 5. The van der Waals surface area contributed by atoms with Crippen molar-refractivity contribution in [2.45, 2.75) is 12.8 Å². The van der Waals surface area contributed by atoms with Crippen LogP contribution < -0.4 is 15.4 Å². The minimum Gasteiger partial charge on any atom is -0.494 e. The molecule has 2 aliphatic rings. The van der Waals surface area contributed by atoms with Gasteiger partial charge in [0.2, 0.25) is 5.91 Å². The van der Waals surface area contributed by atoms with E-state index in [2.05, 4.69) is 30.9 Å². The number of nitrogens with one attached hydrogen (secondary N) is 3. The predicted molar refractivity (Wildman–Crippen MR) is 120 cm³/mol. The van der Waals surface area contributed by atoms with Gasteiger partial charge in [-0.2, -0.15) is 5.10 Å². The molecule has 1 fully saturated rings. The van der Waals surface area contributed by atoms with Gasteiger partial charge in [0.05, 0.1) is 29.1 Å². The van der Waals surface area contributed by atoms with Crippen molar-refractivity contribution < 1.29 is 14.3 Å². The largest absolute Gasteiger partial charge is 0.494 e. The zero-order valence-corrected chi connectivity index (χ0v) is 18.3. The van der Waals surface area contributed by atoms with Gasteiger partial charge in [0.25, 0.3) is 5.91 Å². The van der Waals surface area contributed by atoms with Gasteiger partial charge in [-0.25, -0.2) is 0 Å². The number of anilines is 1. The lowest BCUT2D eigenvalue weighted by Gasteiger charge is -2.16. The van der Waals surface area contributed by atoms with Gasteiger partial charge in [0, 0.05) is 32.4 Å². The molecular formula is C21H24N8O3. The number of nitrogens with zero attached hydrogens (tertiary/aromatic N) is 5. The first-order chi connectivity index (χ1) is 15.4. The number of aromatic amines is 1. The maximum atomic E-state index is 12.5. The number of amides is 2. The Morgan fingerprint density at radius 1 is 1.19 bits per heavy atom. The molecule has 0 bridgehead atoms. The zero-order valence-electron chi connectivity index (χ0n) is 18.3. The highest BCUT2D eigenvalue weighted by Crippen LogP contribution is 2.39. The van der Waals surface area contributed by atoms with Crippen LogP contribution in [0.5, 0.6) is 5.75 Å². The van der Waals surface area contributed by atoms with Crippen molar-refractivity contribution >= 4 is 45.3 Å². The molecule has 0 unspecified atom stereocenters. The average Bonchev–Trinajstić information content (AvgIpc) is 3.48.